The van der Waals surface area contributed by atoms with Crippen molar-refractivity contribution in [2.75, 3.05) is 14.2 Å². The molecule has 8 heteroatoms. The van der Waals surface area contributed by atoms with Crippen LogP contribution in [0, 0.1) is 0 Å². The normalized spacial score (nSPS) is 10.6. The van der Waals surface area contributed by atoms with E-state index in [4.69, 9.17) is 4.89 Å². The molecule has 1 N–H and O–H groups in total. The summed E-state index contributed by atoms with van der Waals surface area (Å²) in [4.78, 5) is 7.65. The van der Waals surface area contributed by atoms with Crippen molar-refractivity contribution in [2.45, 2.75) is 0 Å². The standard InChI is InChI=1S/C3H6O3P.CH3O3P/c1-3-6-7(4)5-2;1-4-5(2)3/h3H,1H2,2H3;1H3/q+1;/p+1. The first-order valence-electron chi connectivity index (χ1n) is 2.57. The largest absolute Gasteiger partial charge is 0.749 e. The summed E-state index contributed by atoms with van der Waals surface area (Å²) in [5.74, 6) is 0. The van der Waals surface area contributed by atoms with Crippen molar-refractivity contribution in [2.24, 2.45) is 0 Å². The molecule has 0 radical (unpaired) electrons. The maximum atomic E-state index is 10.0. The van der Waals surface area contributed by atoms with Crippen LogP contribution in [0.15, 0.2) is 12.8 Å². The van der Waals surface area contributed by atoms with E-state index in [1.807, 2.05) is 0 Å². The topological polar surface area (TPSA) is 82.1 Å². The van der Waals surface area contributed by atoms with Gasteiger partial charge in [0.25, 0.3) is 0 Å². The second kappa shape index (κ2) is 10.6. The highest BCUT2D eigenvalue weighted by molar-refractivity contribution is 7.33. The lowest BCUT2D eigenvalue weighted by molar-refractivity contribution is 0.327. The molecule has 0 bridgehead atoms. The zero-order valence-electron chi connectivity index (χ0n) is 6.67. The van der Waals surface area contributed by atoms with Crippen molar-refractivity contribution in [1.82, 2.24) is 0 Å². The van der Waals surface area contributed by atoms with E-state index in [-0.39, 0.29) is 0 Å². The predicted molar refractivity (Wildman–Crippen MR) is 42.7 cm³/mol. The Morgan fingerprint density at radius 1 is 1.33 bits per heavy atom. The van der Waals surface area contributed by atoms with Gasteiger partial charge in [0.1, 0.15) is 6.26 Å². The molecule has 0 aromatic heterocycles. The van der Waals surface area contributed by atoms with Crippen LogP contribution in [0.2, 0.25) is 0 Å². The number of rotatable bonds is 4. The summed E-state index contributed by atoms with van der Waals surface area (Å²) >= 11 is 0. The third-order valence-corrected chi connectivity index (χ3v) is 1.40. The zero-order chi connectivity index (χ0) is 9.98. The van der Waals surface area contributed by atoms with Gasteiger partial charge in [0.15, 0.2) is 0 Å². The Balaban J connectivity index is 0. The first-order chi connectivity index (χ1) is 5.58. The molecule has 0 aliphatic heterocycles. The van der Waals surface area contributed by atoms with Gasteiger partial charge in [0, 0.05) is 9.13 Å². The highest BCUT2D eigenvalue weighted by atomic mass is 31.1. The first-order valence-corrected chi connectivity index (χ1v) is 4.80. The van der Waals surface area contributed by atoms with Crippen LogP contribution in [0.1, 0.15) is 0 Å². The van der Waals surface area contributed by atoms with Crippen molar-refractivity contribution in [3.8, 4) is 0 Å². The Bertz CT molecular complexity index is 158. The van der Waals surface area contributed by atoms with Gasteiger partial charge in [-0.2, -0.15) is 0 Å². The Morgan fingerprint density at radius 2 is 1.75 bits per heavy atom. The molecule has 0 fully saturated rings. The molecule has 6 nitrogen and oxygen atoms in total. The average Bonchev–Trinajstić information content (AvgIpc) is 2.06. The summed E-state index contributed by atoms with van der Waals surface area (Å²) in [6.07, 6.45) is 1.07. The van der Waals surface area contributed by atoms with Crippen LogP contribution in [-0.4, -0.2) is 19.1 Å². The summed E-state index contributed by atoms with van der Waals surface area (Å²) in [6, 6.07) is 0. The second-order valence-electron chi connectivity index (χ2n) is 1.10. The molecule has 0 spiro atoms. The van der Waals surface area contributed by atoms with Gasteiger partial charge in [0.2, 0.25) is 0 Å². The summed E-state index contributed by atoms with van der Waals surface area (Å²) in [5, 5.41) is 0. The molecule has 70 valence electrons. The monoisotopic (exact) mass is 216 g/mol. The van der Waals surface area contributed by atoms with Gasteiger partial charge in [-0.15, -0.1) is 13.9 Å². The molecule has 0 saturated carbocycles. The molecule has 0 aromatic rings. The van der Waals surface area contributed by atoms with Crippen molar-refractivity contribution < 1.29 is 27.6 Å². The minimum atomic E-state index is -2.35. The molecule has 2 atom stereocenters. The van der Waals surface area contributed by atoms with E-state index in [0.717, 1.165) is 6.26 Å². The lowest BCUT2D eigenvalue weighted by Crippen LogP contribution is -1.65. The van der Waals surface area contributed by atoms with Gasteiger partial charge in [-0.1, -0.05) is 6.58 Å². The van der Waals surface area contributed by atoms with E-state index >= 15 is 0 Å². The Kier molecular flexibility index (Phi) is 12.5. The molecule has 2 unspecified atom stereocenters. The van der Waals surface area contributed by atoms with Crippen LogP contribution in [0.4, 0.5) is 0 Å². The van der Waals surface area contributed by atoms with Crippen LogP contribution < -0.4 is 0 Å². The van der Waals surface area contributed by atoms with Crippen molar-refractivity contribution in [3.63, 3.8) is 0 Å². The van der Waals surface area contributed by atoms with E-state index in [2.05, 4.69) is 20.2 Å². The van der Waals surface area contributed by atoms with Gasteiger partial charge in [-0.25, -0.2) is 4.52 Å². The zero-order valence-corrected chi connectivity index (χ0v) is 8.46. The highest BCUT2D eigenvalue weighted by Crippen LogP contribution is 2.20. The third kappa shape index (κ3) is 16.3. The molecule has 12 heavy (non-hydrogen) atoms. The Morgan fingerprint density at radius 3 is 1.83 bits per heavy atom. The first kappa shape index (κ1) is 14.2. The van der Waals surface area contributed by atoms with E-state index in [0.29, 0.717) is 0 Å². The molecule has 0 aromatic carbocycles. The minimum Gasteiger partial charge on any atom is -0.238 e. The van der Waals surface area contributed by atoms with Crippen molar-refractivity contribution in [3.05, 3.63) is 12.8 Å². The van der Waals surface area contributed by atoms with Crippen LogP contribution in [-0.2, 0) is 22.7 Å². The van der Waals surface area contributed by atoms with Gasteiger partial charge in [-0.05, 0) is 0 Å². The summed E-state index contributed by atoms with van der Waals surface area (Å²) in [6.45, 7) is 3.16. The van der Waals surface area contributed by atoms with E-state index in [1.165, 1.54) is 14.2 Å². The molecule has 0 amide bonds. The molecule has 0 aliphatic rings. The third-order valence-electron chi connectivity index (χ3n) is 0.466. The fraction of sp³-hybridized carbons (Fsp3) is 0.500. The molecule has 0 saturated heterocycles. The number of hydrogen-bond donors (Lipinski definition) is 1. The average molecular weight is 216 g/mol. The van der Waals surface area contributed by atoms with Gasteiger partial charge in [0.05, 0.1) is 14.2 Å². The quantitative estimate of drug-likeness (QED) is 0.569. The fourth-order valence-corrected chi connectivity index (χ4v) is 0.312. The van der Waals surface area contributed by atoms with E-state index in [1.54, 1.807) is 0 Å². The molecular weight excluding hydrogens is 206 g/mol. The van der Waals surface area contributed by atoms with E-state index in [9.17, 15) is 9.13 Å². The second-order valence-corrected chi connectivity index (χ2v) is 2.96. The smallest absolute Gasteiger partial charge is 0.238 e. The highest BCUT2D eigenvalue weighted by Gasteiger charge is 2.12. The summed E-state index contributed by atoms with van der Waals surface area (Å²) in [5.41, 5.74) is 0. The minimum absolute atomic E-state index is 1.07. The Labute approximate surface area is 72.0 Å². The molecule has 0 heterocycles. The predicted octanol–water partition coefficient (Wildman–Crippen LogP) is 1.73. The van der Waals surface area contributed by atoms with Gasteiger partial charge >= 0.3 is 16.5 Å². The number of hydrogen-bond acceptors (Lipinski definition) is 5. The van der Waals surface area contributed by atoms with E-state index < -0.39 is 16.5 Å². The fourth-order valence-electron chi connectivity index (χ4n) is 0.104. The molecular formula is C4H10O6P2+2. The van der Waals surface area contributed by atoms with Crippen LogP contribution >= 0.6 is 16.5 Å². The maximum absolute atomic E-state index is 10.0. The summed E-state index contributed by atoms with van der Waals surface area (Å²) < 4.78 is 31.6. The van der Waals surface area contributed by atoms with Gasteiger partial charge < -0.3 is 0 Å². The van der Waals surface area contributed by atoms with Crippen LogP contribution in [0.25, 0.3) is 0 Å². The lowest BCUT2D eigenvalue weighted by atomic mass is 11.2. The van der Waals surface area contributed by atoms with Crippen molar-refractivity contribution in [1.29, 1.82) is 0 Å². The maximum Gasteiger partial charge on any atom is 0.749 e. The summed E-state index contributed by atoms with van der Waals surface area (Å²) in [7, 11) is -1.84. The van der Waals surface area contributed by atoms with Crippen molar-refractivity contribution >= 4 is 16.5 Å². The van der Waals surface area contributed by atoms with Crippen LogP contribution in [0.5, 0.6) is 0 Å². The SMILES string of the molecule is C=CO[P+](=O)OC.CO[P+](=O)O. The molecule has 0 aliphatic carbocycles. The Hall–Kier alpha value is -0.380. The van der Waals surface area contributed by atoms with Gasteiger partial charge in [-0.3, -0.25) is 0 Å². The van der Waals surface area contributed by atoms with Crippen LogP contribution in [0.3, 0.4) is 0 Å². The lowest BCUT2D eigenvalue weighted by Gasteiger charge is -1.71. The molecule has 0 rings (SSSR count).